The molecule has 0 saturated carbocycles. The zero-order chi connectivity index (χ0) is 16.4. The first-order valence-electron chi connectivity index (χ1n) is 7.13. The highest BCUT2D eigenvalue weighted by molar-refractivity contribution is 9.10. The summed E-state index contributed by atoms with van der Waals surface area (Å²) in [6.45, 7) is 2.05. The number of hydrogen-bond donors (Lipinski definition) is 1. The Balaban J connectivity index is 1.76. The summed E-state index contributed by atoms with van der Waals surface area (Å²) < 4.78 is 3.78. The van der Waals surface area contributed by atoms with Crippen LogP contribution >= 0.6 is 15.9 Å². The van der Waals surface area contributed by atoms with Gasteiger partial charge in [-0.25, -0.2) is 4.68 Å². The molecule has 0 aliphatic heterocycles. The van der Waals surface area contributed by atoms with Crippen LogP contribution < -0.4 is 10.9 Å². The van der Waals surface area contributed by atoms with Crippen LogP contribution in [0.2, 0.25) is 0 Å². The zero-order valence-corrected chi connectivity index (χ0v) is 14.0. The minimum Gasteiger partial charge on any atom is -0.350 e. The van der Waals surface area contributed by atoms with Gasteiger partial charge in [0.15, 0.2) is 0 Å². The van der Waals surface area contributed by atoms with Crippen molar-refractivity contribution in [2.24, 2.45) is 0 Å². The van der Waals surface area contributed by atoms with Gasteiger partial charge < -0.3 is 9.72 Å². The summed E-state index contributed by atoms with van der Waals surface area (Å²) in [6.07, 6.45) is 3.26. The second-order valence-corrected chi connectivity index (χ2v) is 6.12. The Bertz CT molecular complexity index is 916. The molecule has 0 spiro atoms. The van der Waals surface area contributed by atoms with Gasteiger partial charge in [0.25, 0.3) is 5.56 Å². The lowest BCUT2D eigenvalue weighted by Gasteiger charge is -2.14. The van der Waals surface area contributed by atoms with E-state index in [0.717, 1.165) is 10.0 Å². The number of fused-ring (bicyclic) bond motifs is 1. The van der Waals surface area contributed by atoms with Crippen molar-refractivity contribution in [2.75, 3.05) is 0 Å². The van der Waals surface area contributed by atoms with Crippen LogP contribution in [0.1, 0.15) is 18.5 Å². The topological polar surface area (TPSA) is 68.4 Å². The highest BCUT2D eigenvalue weighted by atomic mass is 79.9. The minimum atomic E-state index is -0.686. The molecule has 3 aromatic rings. The molecule has 6 nitrogen and oxygen atoms in total. The van der Waals surface area contributed by atoms with Gasteiger partial charge in [0.05, 0.1) is 0 Å². The molecule has 1 aromatic carbocycles. The van der Waals surface area contributed by atoms with Crippen LogP contribution in [0.25, 0.3) is 5.52 Å². The monoisotopic (exact) mass is 374 g/mol. The number of rotatable bonds is 4. The van der Waals surface area contributed by atoms with Crippen molar-refractivity contribution < 1.29 is 4.79 Å². The predicted octanol–water partition coefficient (Wildman–Crippen LogP) is 2.14. The lowest BCUT2D eigenvalue weighted by molar-refractivity contribution is -0.124. The third-order valence-corrected chi connectivity index (χ3v) is 4.10. The van der Waals surface area contributed by atoms with Gasteiger partial charge >= 0.3 is 0 Å². The number of halogens is 1. The Morgan fingerprint density at radius 1 is 1.35 bits per heavy atom. The molecule has 2 heterocycles. The fourth-order valence-electron chi connectivity index (χ4n) is 2.33. The van der Waals surface area contributed by atoms with E-state index < -0.39 is 6.04 Å². The molecule has 1 N–H and O–H groups in total. The van der Waals surface area contributed by atoms with Gasteiger partial charge in [0.2, 0.25) is 5.91 Å². The van der Waals surface area contributed by atoms with E-state index in [1.54, 1.807) is 29.7 Å². The van der Waals surface area contributed by atoms with Gasteiger partial charge in [0, 0.05) is 17.2 Å². The second-order valence-electron chi connectivity index (χ2n) is 5.21. The summed E-state index contributed by atoms with van der Waals surface area (Å²) in [4.78, 5) is 24.6. The normalized spacial score (nSPS) is 12.3. The third-order valence-electron chi connectivity index (χ3n) is 3.61. The first kappa shape index (κ1) is 15.5. The maximum absolute atomic E-state index is 12.3. The quantitative estimate of drug-likeness (QED) is 0.760. The number of nitrogens with zero attached hydrogens (tertiary/aromatic N) is 3. The van der Waals surface area contributed by atoms with Crippen LogP contribution in [0.4, 0.5) is 0 Å². The molecular formula is C16H15BrN4O2. The maximum atomic E-state index is 12.3. The highest BCUT2D eigenvalue weighted by Crippen LogP contribution is 2.11. The summed E-state index contributed by atoms with van der Waals surface area (Å²) in [6, 6.07) is 10.5. The fourth-order valence-corrected chi connectivity index (χ4v) is 2.77. The van der Waals surface area contributed by atoms with Crippen LogP contribution in [0.15, 0.2) is 58.2 Å². The van der Waals surface area contributed by atoms with Crippen molar-refractivity contribution in [3.63, 3.8) is 0 Å². The van der Waals surface area contributed by atoms with Gasteiger partial charge in [-0.15, -0.1) is 0 Å². The maximum Gasteiger partial charge on any atom is 0.291 e. The molecule has 1 atom stereocenters. The number of carbonyl (C=O) groups is 1. The molecule has 118 valence electrons. The van der Waals surface area contributed by atoms with E-state index in [9.17, 15) is 9.59 Å². The number of aromatic nitrogens is 3. The summed E-state index contributed by atoms with van der Waals surface area (Å²) in [5, 5.41) is 6.89. The summed E-state index contributed by atoms with van der Waals surface area (Å²) >= 11 is 3.39. The van der Waals surface area contributed by atoms with Gasteiger partial charge in [-0.05, 0) is 36.8 Å². The molecule has 0 aliphatic rings. The Labute approximate surface area is 140 Å². The van der Waals surface area contributed by atoms with Crippen LogP contribution in [-0.2, 0) is 11.3 Å². The number of carbonyl (C=O) groups excluding carboxylic acids is 1. The van der Waals surface area contributed by atoms with Crippen molar-refractivity contribution in [3.8, 4) is 0 Å². The van der Waals surface area contributed by atoms with E-state index in [1.165, 1.54) is 11.0 Å². The highest BCUT2D eigenvalue weighted by Gasteiger charge is 2.18. The lowest BCUT2D eigenvalue weighted by atomic mass is 10.2. The molecule has 7 heteroatoms. The molecule has 0 saturated heterocycles. The molecule has 3 rings (SSSR count). The lowest BCUT2D eigenvalue weighted by Crippen LogP contribution is -2.37. The predicted molar refractivity (Wildman–Crippen MR) is 90.2 cm³/mol. The van der Waals surface area contributed by atoms with E-state index in [1.807, 2.05) is 24.3 Å². The Morgan fingerprint density at radius 2 is 2.17 bits per heavy atom. The van der Waals surface area contributed by atoms with Crippen molar-refractivity contribution in [1.29, 1.82) is 0 Å². The Kier molecular flexibility index (Phi) is 4.29. The van der Waals surface area contributed by atoms with E-state index in [0.29, 0.717) is 12.1 Å². The molecule has 0 fully saturated rings. The van der Waals surface area contributed by atoms with E-state index in [4.69, 9.17) is 0 Å². The smallest absolute Gasteiger partial charge is 0.291 e. The molecule has 0 bridgehead atoms. The van der Waals surface area contributed by atoms with Gasteiger partial charge in [-0.2, -0.15) is 5.10 Å². The van der Waals surface area contributed by atoms with Crippen molar-refractivity contribution in [2.45, 2.75) is 19.5 Å². The number of benzene rings is 1. The standard InChI is InChI=1S/C16H15BrN4O2/c1-11(15(22)18-9-12-4-2-5-13(17)8-12)21-16(23)14-6-3-7-20(14)10-19-21/h2-8,10-11H,9H2,1H3,(H,18,22)/t11-/m0/s1. The number of amides is 1. The van der Waals surface area contributed by atoms with Gasteiger partial charge in [-0.1, -0.05) is 28.1 Å². The van der Waals surface area contributed by atoms with Crippen LogP contribution in [-0.4, -0.2) is 20.1 Å². The minimum absolute atomic E-state index is 0.254. The van der Waals surface area contributed by atoms with E-state index >= 15 is 0 Å². The molecular weight excluding hydrogens is 360 g/mol. The SMILES string of the molecule is C[C@@H](C(=O)NCc1cccc(Br)c1)n1ncn2cccc2c1=O. The Morgan fingerprint density at radius 3 is 2.96 bits per heavy atom. The molecule has 23 heavy (non-hydrogen) atoms. The van der Waals surface area contributed by atoms with Crippen LogP contribution in [0, 0.1) is 0 Å². The molecule has 2 aromatic heterocycles. The number of nitrogens with one attached hydrogen (secondary N) is 1. The summed E-state index contributed by atoms with van der Waals surface area (Å²) in [5.74, 6) is -0.254. The molecule has 0 aliphatic carbocycles. The summed E-state index contributed by atoms with van der Waals surface area (Å²) in [7, 11) is 0. The van der Waals surface area contributed by atoms with Gasteiger partial charge in [-0.3, -0.25) is 9.59 Å². The Hall–Kier alpha value is -2.41. The average Bonchev–Trinajstić information content (AvgIpc) is 3.02. The van der Waals surface area contributed by atoms with Crippen molar-refractivity contribution in [1.82, 2.24) is 19.5 Å². The largest absolute Gasteiger partial charge is 0.350 e. The molecule has 0 unspecified atom stereocenters. The van der Waals surface area contributed by atoms with Crippen LogP contribution in [0.5, 0.6) is 0 Å². The molecule has 1 amide bonds. The third kappa shape index (κ3) is 3.19. The van der Waals surface area contributed by atoms with Crippen molar-refractivity contribution in [3.05, 3.63) is 69.3 Å². The molecule has 0 radical (unpaired) electrons. The first-order valence-corrected chi connectivity index (χ1v) is 7.92. The number of hydrogen-bond acceptors (Lipinski definition) is 3. The van der Waals surface area contributed by atoms with E-state index in [2.05, 4.69) is 26.3 Å². The average molecular weight is 375 g/mol. The van der Waals surface area contributed by atoms with Gasteiger partial charge in [0.1, 0.15) is 17.9 Å². The zero-order valence-electron chi connectivity index (χ0n) is 12.4. The fraction of sp³-hybridized carbons (Fsp3) is 0.188. The van der Waals surface area contributed by atoms with E-state index in [-0.39, 0.29) is 11.5 Å². The van der Waals surface area contributed by atoms with Crippen molar-refractivity contribution >= 4 is 27.4 Å². The first-order chi connectivity index (χ1) is 11.1. The van der Waals surface area contributed by atoms with Crippen LogP contribution in [0.3, 0.4) is 0 Å². The second kappa shape index (κ2) is 6.37. The summed E-state index contributed by atoms with van der Waals surface area (Å²) in [5.41, 5.74) is 1.18.